The minimum Gasteiger partial charge on any atom is -0.493 e. The van der Waals surface area contributed by atoms with E-state index in [1.165, 1.54) is 12.1 Å². The van der Waals surface area contributed by atoms with Gasteiger partial charge in [-0.15, -0.1) is 0 Å². The number of hydrogen-bond acceptors (Lipinski definition) is 8. The summed E-state index contributed by atoms with van der Waals surface area (Å²) in [5, 5.41) is 23.4. The Morgan fingerprint density at radius 3 is 2.56 bits per heavy atom. The van der Waals surface area contributed by atoms with Gasteiger partial charge in [0.1, 0.15) is 36.0 Å². The highest BCUT2D eigenvalue weighted by Crippen LogP contribution is 2.32. The number of hydrogen-bond donors (Lipinski definition) is 4. The van der Waals surface area contributed by atoms with Crippen LogP contribution in [0.3, 0.4) is 0 Å². The minimum atomic E-state index is -3.85. The minimum absolute atomic E-state index is 0.113. The number of rotatable bonds is 11. The Labute approximate surface area is 249 Å². The first kappa shape index (κ1) is 29.9. The molecular weight excluding hydrogens is 572 g/mol. The van der Waals surface area contributed by atoms with Crippen LogP contribution < -0.4 is 24.2 Å². The number of aliphatic hydroxyl groups is 1. The van der Waals surface area contributed by atoms with E-state index in [-0.39, 0.29) is 29.3 Å². The van der Waals surface area contributed by atoms with Crippen molar-refractivity contribution in [2.45, 2.75) is 24.5 Å². The smallest absolute Gasteiger partial charge is 0.339 e. The zero-order valence-electron chi connectivity index (χ0n) is 23.4. The second-order valence-electron chi connectivity index (χ2n) is 9.83. The number of aliphatic hydroxyl groups excluding tert-OH is 1. The molecule has 1 aliphatic heterocycles. The zero-order valence-corrected chi connectivity index (χ0v) is 24.3. The van der Waals surface area contributed by atoms with E-state index in [2.05, 4.69) is 10.0 Å². The topological polar surface area (TPSA) is 143 Å². The number of aromatic carboxylic acids is 1. The molecular formula is C32H32N2O8S. The van der Waals surface area contributed by atoms with Crippen LogP contribution >= 0.6 is 0 Å². The third-order valence-corrected chi connectivity index (χ3v) is 8.19. The van der Waals surface area contributed by atoms with Crippen LogP contribution in [0.2, 0.25) is 0 Å². The lowest BCUT2D eigenvalue weighted by Gasteiger charge is -2.20. The molecule has 0 spiro atoms. The van der Waals surface area contributed by atoms with Crippen LogP contribution in [0.5, 0.6) is 17.2 Å². The summed E-state index contributed by atoms with van der Waals surface area (Å²) in [6.07, 6.45) is -0.991. The van der Waals surface area contributed by atoms with E-state index in [0.29, 0.717) is 42.6 Å². The Kier molecular flexibility index (Phi) is 9.15. The first-order valence-corrected chi connectivity index (χ1v) is 15.2. The van der Waals surface area contributed by atoms with E-state index in [1.54, 1.807) is 55.5 Å². The molecule has 224 valence electrons. The normalized spacial score (nSPS) is 14.1. The summed E-state index contributed by atoms with van der Waals surface area (Å²) in [5.74, 6) is 0.411. The second-order valence-corrected chi connectivity index (χ2v) is 11.5. The maximum absolute atomic E-state index is 13.0. The van der Waals surface area contributed by atoms with E-state index in [4.69, 9.17) is 14.2 Å². The molecule has 1 unspecified atom stereocenters. The van der Waals surface area contributed by atoms with Crippen LogP contribution in [-0.4, -0.2) is 50.9 Å². The van der Waals surface area contributed by atoms with Crippen molar-refractivity contribution in [1.29, 1.82) is 0 Å². The molecule has 0 saturated heterocycles. The van der Waals surface area contributed by atoms with Gasteiger partial charge in [-0.25, -0.2) is 13.2 Å². The van der Waals surface area contributed by atoms with Crippen LogP contribution in [0, 0.1) is 0 Å². The molecule has 43 heavy (non-hydrogen) atoms. The summed E-state index contributed by atoms with van der Waals surface area (Å²) in [6, 6.07) is 23.9. The third-order valence-electron chi connectivity index (χ3n) is 6.83. The van der Waals surface area contributed by atoms with Gasteiger partial charge in [-0.3, -0.25) is 4.72 Å². The van der Waals surface area contributed by atoms with E-state index in [0.717, 1.165) is 16.7 Å². The summed E-state index contributed by atoms with van der Waals surface area (Å²) >= 11 is 0. The van der Waals surface area contributed by atoms with Crippen molar-refractivity contribution in [3.8, 4) is 28.4 Å². The fraction of sp³-hybridized carbons (Fsp3) is 0.219. The number of ether oxygens (including phenoxy) is 3. The fourth-order valence-corrected chi connectivity index (χ4v) is 5.81. The molecule has 1 heterocycles. The van der Waals surface area contributed by atoms with Crippen LogP contribution in [0.25, 0.3) is 11.1 Å². The van der Waals surface area contributed by atoms with Crippen LogP contribution in [0.1, 0.15) is 34.5 Å². The molecule has 10 nitrogen and oxygen atoms in total. The molecule has 5 rings (SSSR count). The Bertz CT molecular complexity index is 1710. The zero-order chi connectivity index (χ0) is 30.4. The number of nitrogens with one attached hydrogen (secondary N) is 2. The molecule has 4 bridgehead atoms. The van der Waals surface area contributed by atoms with Gasteiger partial charge in [-0.2, -0.15) is 0 Å². The summed E-state index contributed by atoms with van der Waals surface area (Å²) in [5.41, 5.74) is 3.22. The number of benzene rings is 4. The summed E-state index contributed by atoms with van der Waals surface area (Å²) in [4.78, 5) is 11.6. The van der Waals surface area contributed by atoms with Crippen molar-refractivity contribution in [3.05, 3.63) is 102 Å². The van der Waals surface area contributed by atoms with E-state index < -0.39 is 22.1 Å². The van der Waals surface area contributed by atoms with Crippen molar-refractivity contribution in [2.24, 2.45) is 0 Å². The lowest BCUT2D eigenvalue weighted by atomic mass is 10.0. The monoisotopic (exact) mass is 604 g/mol. The highest BCUT2D eigenvalue weighted by atomic mass is 32.2. The van der Waals surface area contributed by atoms with Crippen molar-refractivity contribution in [3.63, 3.8) is 0 Å². The molecule has 0 aromatic heterocycles. The number of carboxylic acid groups (broad SMARTS) is 1. The number of sulfonamides is 1. The Morgan fingerprint density at radius 1 is 1.00 bits per heavy atom. The van der Waals surface area contributed by atoms with E-state index in [1.807, 2.05) is 24.3 Å². The molecule has 0 radical (unpaired) electrons. The quantitative estimate of drug-likeness (QED) is 0.177. The second kappa shape index (κ2) is 13.2. The largest absolute Gasteiger partial charge is 0.493 e. The van der Waals surface area contributed by atoms with Crippen molar-refractivity contribution in [1.82, 2.24) is 5.32 Å². The fourth-order valence-electron chi connectivity index (χ4n) is 4.66. The van der Waals surface area contributed by atoms with Gasteiger partial charge >= 0.3 is 5.97 Å². The van der Waals surface area contributed by atoms with Crippen molar-refractivity contribution >= 4 is 21.7 Å². The summed E-state index contributed by atoms with van der Waals surface area (Å²) in [7, 11) is -3.85. The molecule has 4 N–H and O–H groups in total. The van der Waals surface area contributed by atoms with Gasteiger partial charge in [0.15, 0.2) is 0 Å². The van der Waals surface area contributed by atoms with Gasteiger partial charge in [0, 0.05) is 24.7 Å². The molecule has 1 aliphatic rings. The van der Waals surface area contributed by atoms with Gasteiger partial charge in [0.05, 0.1) is 23.3 Å². The van der Waals surface area contributed by atoms with Gasteiger partial charge in [-0.05, 0) is 66.1 Å². The molecule has 11 heteroatoms. The molecule has 4 aromatic rings. The highest BCUT2D eigenvalue weighted by molar-refractivity contribution is 7.92. The first-order valence-electron chi connectivity index (χ1n) is 13.7. The van der Waals surface area contributed by atoms with Crippen molar-refractivity contribution < 1.29 is 37.6 Å². The van der Waals surface area contributed by atoms with Gasteiger partial charge in [-0.1, -0.05) is 36.4 Å². The predicted octanol–water partition coefficient (Wildman–Crippen LogP) is 4.85. The Balaban J connectivity index is 1.15. The third kappa shape index (κ3) is 7.26. The summed E-state index contributed by atoms with van der Waals surface area (Å²) in [6.45, 7) is 3.32. The Hall–Kier alpha value is -4.58. The molecule has 4 aromatic carbocycles. The molecule has 0 fully saturated rings. The maximum atomic E-state index is 13.0. The number of anilines is 1. The van der Waals surface area contributed by atoms with Crippen LogP contribution in [-0.2, 0) is 16.6 Å². The van der Waals surface area contributed by atoms with Gasteiger partial charge in [0.2, 0.25) is 0 Å². The molecule has 0 amide bonds. The standard InChI is InChI=1S/C32H32N2O8S/c1-2-40-31-17-23(8-12-28(31)32(36)37)22-6-9-24(10-7-22)41-15-14-33-19-30(35)27-13-11-25-18-29(27)34-43(38,39)26-5-3-4-21(16-26)20-42-25/h3-13,16-18,30,33-35H,2,14-15,19-20H2,1H3,(H,36,37). The number of carboxylic acids is 1. The van der Waals surface area contributed by atoms with Crippen molar-refractivity contribution in [2.75, 3.05) is 31.0 Å². The summed E-state index contributed by atoms with van der Waals surface area (Å²) < 4.78 is 45.7. The first-order chi connectivity index (χ1) is 20.7. The average molecular weight is 605 g/mol. The number of fused-ring (bicyclic) bond motifs is 4. The SMILES string of the molecule is CCOc1cc(-c2ccc(OCCNCC(O)c3ccc4cc3NS(=O)(=O)c3cccc(c3)CO4)cc2)ccc1C(=O)O. The predicted molar refractivity (Wildman–Crippen MR) is 161 cm³/mol. The van der Waals surface area contributed by atoms with Crippen LogP contribution in [0.4, 0.5) is 5.69 Å². The lowest BCUT2D eigenvalue weighted by molar-refractivity contribution is 0.0692. The molecule has 0 aliphatic carbocycles. The Morgan fingerprint density at radius 2 is 1.79 bits per heavy atom. The number of carbonyl (C=O) groups is 1. The van der Waals surface area contributed by atoms with Gasteiger partial charge < -0.3 is 29.7 Å². The molecule has 1 atom stereocenters. The van der Waals surface area contributed by atoms with E-state index >= 15 is 0 Å². The van der Waals surface area contributed by atoms with Crippen LogP contribution in [0.15, 0.2) is 89.8 Å². The average Bonchev–Trinajstić information content (AvgIpc) is 3.00. The van der Waals surface area contributed by atoms with Gasteiger partial charge in [0.25, 0.3) is 10.0 Å². The molecule has 0 saturated carbocycles. The maximum Gasteiger partial charge on any atom is 0.339 e. The van der Waals surface area contributed by atoms with E-state index in [9.17, 15) is 23.4 Å². The lowest BCUT2D eigenvalue weighted by Crippen LogP contribution is -2.27. The highest BCUT2D eigenvalue weighted by Gasteiger charge is 2.21.